The first kappa shape index (κ1) is 17.8. The number of carbonyl (C=O) groups is 1. The summed E-state index contributed by atoms with van der Waals surface area (Å²) in [4.78, 5) is 13.0. The van der Waals surface area contributed by atoms with Gasteiger partial charge in [-0.1, -0.05) is 40.2 Å². The van der Waals surface area contributed by atoms with Gasteiger partial charge in [0.1, 0.15) is 5.75 Å². The van der Waals surface area contributed by atoms with E-state index in [-0.39, 0.29) is 17.8 Å². The second-order valence-electron chi connectivity index (χ2n) is 6.52. The molecule has 1 aliphatic rings. The Hall–Kier alpha value is -2.60. The Labute approximate surface area is 166 Å². The molecule has 1 fully saturated rings. The fourth-order valence-electron chi connectivity index (χ4n) is 3.60. The van der Waals surface area contributed by atoms with Crippen LogP contribution in [0.2, 0.25) is 0 Å². The Morgan fingerprint density at radius 2 is 1.81 bits per heavy atom. The molecule has 2 aromatic carbocycles. The van der Waals surface area contributed by atoms with Gasteiger partial charge in [0.2, 0.25) is 0 Å². The Morgan fingerprint density at radius 3 is 2.44 bits per heavy atom. The van der Waals surface area contributed by atoms with Gasteiger partial charge >= 0.3 is 5.97 Å². The van der Waals surface area contributed by atoms with Crippen LogP contribution in [0.1, 0.15) is 35.6 Å². The van der Waals surface area contributed by atoms with E-state index in [0.29, 0.717) is 6.42 Å². The Balaban J connectivity index is 1.73. The number of esters is 1. The summed E-state index contributed by atoms with van der Waals surface area (Å²) in [6.07, 6.45) is 3.76. The van der Waals surface area contributed by atoms with Gasteiger partial charge in [-0.25, -0.2) is 4.68 Å². The van der Waals surface area contributed by atoms with Crippen LogP contribution in [-0.4, -0.2) is 22.9 Å². The van der Waals surface area contributed by atoms with Crippen molar-refractivity contribution < 1.29 is 14.3 Å². The van der Waals surface area contributed by atoms with Gasteiger partial charge in [0.05, 0.1) is 13.0 Å². The van der Waals surface area contributed by atoms with Crippen molar-refractivity contribution in [2.45, 2.75) is 24.5 Å². The molecule has 1 aromatic heterocycles. The van der Waals surface area contributed by atoms with Crippen molar-refractivity contribution in [1.82, 2.24) is 9.78 Å². The fraction of sp³-hybridized carbons (Fsp3) is 0.238. The third-order valence-electron chi connectivity index (χ3n) is 4.96. The molecule has 0 radical (unpaired) electrons. The lowest BCUT2D eigenvalue weighted by atomic mass is 9.77. The summed E-state index contributed by atoms with van der Waals surface area (Å²) in [6, 6.07) is 17.6. The van der Waals surface area contributed by atoms with Gasteiger partial charge in [-0.05, 0) is 41.5 Å². The molecule has 1 aliphatic heterocycles. The normalized spacial score (nSPS) is 22.3. The molecule has 3 aromatic rings. The first-order valence-electron chi connectivity index (χ1n) is 8.75. The highest BCUT2D eigenvalue weighted by Gasteiger charge is 2.41. The van der Waals surface area contributed by atoms with Crippen LogP contribution in [0.25, 0.3) is 0 Å². The average Bonchev–Trinajstić information content (AvgIpc) is 3.23. The topological polar surface area (TPSA) is 53.4 Å². The van der Waals surface area contributed by atoms with Crippen LogP contribution in [0.5, 0.6) is 5.75 Å². The highest BCUT2D eigenvalue weighted by molar-refractivity contribution is 9.10. The molecule has 5 nitrogen and oxygen atoms in total. The number of carbonyl (C=O) groups excluding carboxylic acids is 1. The second kappa shape index (κ2) is 7.56. The third kappa shape index (κ3) is 3.62. The summed E-state index contributed by atoms with van der Waals surface area (Å²) >= 11 is 3.45. The molecule has 0 saturated carbocycles. The van der Waals surface area contributed by atoms with Crippen molar-refractivity contribution in [2.24, 2.45) is 0 Å². The van der Waals surface area contributed by atoms with Crippen molar-refractivity contribution in [2.75, 3.05) is 7.11 Å². The molecular weight excluding hydrogens is 408 g/mol. The van der Waals surface area contributed by atoms with Gasteiger partial charge in [-0.15, -0.1) is 0 Å². The smallest absolute Gasteiger partial charge is 0.316 e. The first-order valence-corrected chi connectivity index (χ1v) is 9.54. The lowest BCUT2D eigenvalue weighted by Crippen LogP contribution is -2.34. The van der Waals surface area contributed by atoms with Gasteiger partial charge in [0.15, 0.2) is 6.23 Å². The number of rotatable bonds is 4. The molecule has 0 amide bonds. The number of ether oxygens (including phenoxy) is 2. The number of hydrogen-bond donors (Lipinski definition) is 0. The van der Waals surface area contributed by atoms with Crippen LogP contribution in [0, 0.1) is 0 Å². The number of aromatic nitrogens is 2. The number of hydrogen-bond acceptors (Lipinski definition) is 4. The predicted octanol–water partition coefficient (Wildman–Crippen LogP) is 4.67. The van der Waals surface area contributed by atoms with Gasteiger partial charge in [0.25, 0.3) is 0 Å². The predicted molar refractivity (Wildman–Crippen MR) is 105 cm³/mol. The first-order chi connectivity index (χ1) is 13.2. The molecule has 0 spiro atoms. The maximum Gasteiger partial charge on any atom is 0.316 e. The monoisotopic (exact) mass is 426 g/mol. The van der Waals surface area contributed by atoms with Crippen LogP contribution >= 0.6 is 15.9 Å². The Kier molecular flexibility index (Phi) is 4.99. The van der Waals surface area contributed by atoms with Gasteiger partial charge in [-0.2, -0.15) is 5.10 Å². The van der Waals surface area contributed by atoms with E-state index in [1.165, 1.54) is 0 Å². The standard InChI is InChI=1S/C21H19BrN2O3/c1-26-17-9-5-14(6-10-17)18-13-19(24-12-2-11-23-24)27-21(25)20(18)15-3-7-16(22)8-4-15/h2-12,18-20H,13H2,1H3/t18-,19+,20-/m0/s1. The van der Waals surface area contributed by atoms with Crippen LogP contribution in [-0.2, 0) is 9.53 Å². The molecule has 0 aliphatic carbocycles. The molecule has 0 N–H and O–H groups in total. The van der Waals surface area contributed by atoms with Crippen LogP contribution in [0.3, 0.4) is 0 Å². The zero-order valence-corrected chi connectivity index (χ0v) is 16.4. The van der Waals surface area contributed by atoms with Crippen molar-refractivity contribution >= 4 is 21.9 Å². The average molecular weight is 427 g/mol. The number of cyclic esters (lactones) is 1. The quantitative estimate of drug-likeness (QED) is 0.568. The van der Waals surface area contributed by atoms with E-state index in [9.17, 15) is 4.79 Å². The van der Waals surface area contributed by atoms with Crippen molar-refractivity contribution in [3.63, 3.8) is 0 Å². The summed E-state index contributed by atoms with van der Waals surface area (Å²) < 4.78 is 13.7. The number of benzene rings is 2. The number of methoxy groups -OCH3 is 1. The summed E-state index contributed by atoms with van der Waals surface area (Å²) in [5, 5.41) is 4.25. The van der Waals surface area contributed by atoms with Gasteiger partial charge < -0.3 is 9.47 Å². The zero-order valence-electron chi connectivity index (χ0n) is 14.8. The number of nitrogens with zero attached hydrogens (tertiary/aromatic N) is 2. The zero-order chi connectivity index (χ0) is 18.8. The van der Waals surface area contributed by atoms with E-state index in [0.717, 1.165) is 21.3 Å². The molecule has 1 saturated heterocycles. The minimum absolute atomic E-state index is 0.0208. The van der Waals surface area contributed by atoms with Gasteiger partial charge in [0, 0.05) is 29.2 Å². The van der Waals surface area contributed by atoms with E-state index in [1.807, 2.05) is 60.8 Å². The molecule has 27 heavy (non-hydrogen) atoms. The largest absolute Gasteiger partial charge is 0.497 e. The van der Waals surface area contributed by atoms with E-state index in [1.54, 1.807) is 18.0 Å². The molecule has 0 bridgehead atoms. The summed E-state index contributed by atoms with van der Waals surface area (Å²) in [5.41, 5.74) is 2.03. The Morgan fingerprint density at radius 1 is 1.11 bits per heavy atom. The van der Waals surface area contributed by atoms with Crippen molar-refractivity contribution in [3.05, 3.63) is 82.6 Å². The molecule has 4 rings (SSSR count). The van der Waals surface area contributed by atoms with Crippen LogP contribution in [0.4, 0.5) is 0 Å². The highest BCUT2D eigenvalue weighted by atomic mass is 79.9. The van der Waals surface area contributed by atoms with Gasteiger partial charge in [-0.3, -0.25) is 4.79 Å². The molecule has 3 atom stereocenters. The maximum absolute atomic E-state index is 13.0. The number of halogens is 1. The lowest BCUT2D eigenvalue weighted by Gasteiger charge is -2.35. The van der Waals surface area contributed by atoms with Crippen molar-refractivity contribution in [3.8, 4) is 5.75 Å². The minimum atomic E-state index is -0.411. The van der Waals surface area contributed by atoms with E-state index in [4.69, 9.17) is 9.47 Å². The molecule has 2 heterocycles. The summed E-state index contributed by atoms with van der Waals surface area (Å²) in [5.74, 6) is 0.177. The minimum Gasteiger partial charge on any atom is -0.497 e. The van der Waals surface area contributed by atoms with E-state index >= 15 is 0 Å². The third-order valence-corrected chi connectivity index (χ3v) is 5.49. The van der Waals surface area contributed by atoms with E-state index < -0.39 is 6.23 Å². The van der Waals surface area contributed by atoms with Crippen LogP contribution < -0.4 is 4.74 Å². The lowest BCUT2D eigenvalue weighted by molar-refractivity contribution is -0.165. The van der Waals surface area contributed by atoms with E-state index in [2.05, 4.69) is 21.0 Å². The summed E-state index contributed by atoms with van der Waals surface area (Å²) in [7, 11) is 1.64. The van der Waals surface area contributed by atoms with Crippen molar-refractivity contribution in [1.29, 1.82) is 0 Å². The molecule has 0 unspecified atom stereocenters. The molecule has 6 heteroatoms. The fourth-order valence-corrected chi connectivity index (χ4v) is 3.87. The SMILES string of the molecule is COc1ccc([C@@H]2C[C@H](n3cccn3)OC(=O)[C@H]2c2ccc(Br)cc2)cc1. The van der Waals surface area contributed by atoms with Crippen LogP contribution in [0.15, 0.2) is 71.5 Å². The highest BCUT2D eigenvalue weighted by Crippen LogP contribution is 2.44. The Bertz CT molecular complexity index is 908. The molecular formula is C21H19BrN2O3. The maximum atomic E-state index is 13.0. The second-order valence-corrected chi connectivity index (χ2v) is 7.44. The summed E-state index contributed by atoms with van der Waals surface area (Å²) in [6.45, 7) is 0. The molecule has 138 valence electrons.